The Kier molecular flexibility index (Phi) is 4.37. The number of hydrogen-bond acceptors (Lipinski definition) is 2. The van der Waals surface area contributed by atoms with Crippen LogP contribution in [0.15, 0.2) is 36.4 Å². The number of benzene rings is 1. The van der Waals surface area contributed by atoms with Gasteiger partial charge in [-0.3, -0.25) is 0 Å². The Morgan fingerprint density at radius 2 is 2.00 bits per heavy atom. The van der Waals surface area contributed by atoms with Gasteiger partial charge >= 0.3 is 0 Å². The van der Waals surface area contributed by atoms with Gasteiger partial charge in [0.15, 0.2) is 0 Å². The summed E-state index contributed by atoms with van der Waals surface area (Å²) >= 11 is 0. The third kappa shape index (κ3) is 3.76. The molecule has 0 unspecified atom stereocenters. The van der Waals surface area contributed by atoms with Gasteiger partial charge in [-0.1, -0.05) is 24.3 Å². The summed E-state index contributed by atoms with van der Waals surface area (Å²) in [6.07, 6.45) is 0. The molecule has 82 valence electrons. The Morgan fingerprint density at radius 3 is 2.47 bits per heavy atom. The molecular weight excluding hydrogens is 186 g/mol. The van der Waals surface area contributed by atoms with Crippen LogP contribution in [0.3, 0.4) is 0 Å². The summed E-state index contributed by atoms with van der Waals surface area (Å²) in [7, 11) is 1.68. The Hall–Kier alpha value is -1.28. The third-order valence-corrected chi connectivity index (χ3v) is 2.33. The first-order valence-electron chi connectivity index (χ1n) is 5.15. The summed E-state index contributed by atoms with van der Waals surface area (Å²) in [6, 6.07) is 8.46. The maximum Gasteiger partial charge on any atom is 0.118 e. The largest absolute Gasteiger partial charge is 0.497 e. The SMILES string of the molecule is C=C(C)CN[C@H](C)c1ccc(OC)cc1. The number of ether oxygens (including phenoxy) is 1. The summed E-state index contributed by atoms with van der Waals surface area (Å²) in [4.78, 5) is 0. The fraction of sp³-hybridized carbons (Fsp3) is 0.385. The second kappa shape index (κ2) is 5.56. The van der Waals surface area contributed by atoms with Crippen LogP contribution >= 0.6 is 0 Å². The summed E-state index contributed by atoms with van der Waals surface area (Å²) < 4.78 is 5.11. The maximum absolute atomic E-state index is 5.11. The molecule has 0 aliphatic rings. The van der Waals surface area contributed by atoms with Crippen LogP contribution in [-0.2, 0) is 0 Å². The predicted octanol–water partition coefficient (Wildman–Crippen LogP) is 2.92. The number of nitrogens with one attached hydrogen (secondary N) is 1. The molecule has 1 N–H and O–H groups in total. The molecule has 1 aromatic carbocycles. The molecule has 1 rings (SSSR count). The molecule has 0 saturated heterocycles. The zero-order chi connectivity index (χ0) is 11.3. The van der Waals surface area contributed by atoms with Crippen molar-refractivity contribution in [1.82, 2.24) is 5.32 Å². The van der Waals surface area contributed by atoms with Gasteiger partial charge in [-0.25, -0.2) is 0 Å². The quantitative estimate of drug-likeness (QED) is 0.746. The zero-order valence-corrected chi connectivity index (χ0v) is 9.71. The van der Waals surface area contributed by atoms with Crippen molar-refractivity contribution >= 4 is 0 Å². The minimum absolute atomic E-state index is 0.340. The zero-order valence-electron chi connectivity index (χ0n) is 9.71. The van der Waals surface area contributed by atoms with Crippen LogP contribution in [-0.4, -0.2) is 13.7 Å². The van der Waals surface area contributed by atoms with Crippen LogP contribution in [0.25, 0.3) is 0 Å². The third-order valence-electron chi connectivity index (χ3n) is 2.33. The topological polar surface area (TPSA) is 21.3 Å². The van der Waals surface area contributed by atoms with Gasteiger partial charge in [-0.05, 0) is 31.5 Å². The molecule has 1 aromatic rings. The molecule has 0 bridgehead atoms. The first kappa shape index (κ1) is 11.8. The highest BCUT2D eigenvalue weighted by Gasteiger charge is 2.03. The molecule has 0 amide bonds. The van der Waals surface area contributed by atoms with E-state index in [-0.39, 0.29) is 0 Å². The molecule has 0 fully saturated rings. The highest BCUT2D eigenvalue weighted by Crippen LogP contribution is 2.17. The molecule has 0 spiro atoms. The molecule has 1 atom stereocenters. The van der Waals surface area contributed by atoms with Crippen molar-refractivity contribution in [3.63, 3.8) is 0 Å². The molecule has 0 heterocycles. The van der Waals surface area contributed by atoms with Crippen molar-refractivity contribution in [3.05, 3.63) is 42.0 Å². The van der Waals surface area contributed by atoms with E-state index >= 15 is 0 Å². The lowest BCUT2D eigenvalue weighted by Gasteiger charge is -2.14. The molecule has 2 nitrogen and oxygen atoms in total. The van der Waals surface area contributed by atoms with Gasteiger partial charge in [0.1, 0.15) is 5.75 Å². The summed E-state index contributed by atoms with van der Waals surface area (Å²) in [5.74, 6) is 0.894. The Morgan fingerprint density at radius 1 is 1.40 bits per heavy atom. The summed E-state index contributed by atoms with van der Waals surface area (Å²) in [6.45, 7) is 8.89. The minimum Gasteiger partial charge on any atom is -0.497 e. The van der Waals surface area contributed by atoms with Crippen molar-refractivity contribution in [2.45, 2.75) is 19.9 Å². The lowest BCUT2D eigenvalue weighted by molar-refractivity contribution is 0.414. The van der Waals surface area contributed by atoms with Gasteiger partial charge in [0.2, 0.25) is 0 Å². The maximum atomic E-state index is 5.11. The average molecular weight is 205 g/mol. The first-order chi connectivity index (χ1) is 7.13. The van der Waals surface area contributed by atoms with E-state index in [9.17, 15) is 0 Å². The fourth-order valence-electron chi connectivity index (χ4n) is 1.34. The van der Waals surface area contributed by atoms with E-state index in [1.807, 2.05) is 19.1 Å². The standard InChI is InChI=1S/C13H19NO/c1-10(2)9-14-11(3)12-5-7-13(15-4)8-6-12/h5-8,11,14H,1,9H2,2-4H3/t11-/m1/s1. The van der Waals surface area contributed by atoms with E-state index in [2.05, 4.69) is 31.0 Å². The Bertz CT molecular complexity index is 316. The van der Waals surface area contributed by atoms with Gasteiger partial charge < -0.3 is 10.1 Å². The second-order valence-corrected chi connectivity index (χ2v) is 3.83. The highest BCUT2D eigenvalue weighted by molar-refractivity contribution is 5.28. The van der Waals surface area contributed by atoms with E-state index in [1.54, 1.807) is 7.11 Å². The second-order valence-electron chi connectivity index (χ2n) is 3.83. The van der Waals surface area contributed by atoms with Crippen LogP contribution in [0.1, 0.15) is 25.5 Å². The lowest BCUT2D eigenvalue weighted by Crippen LogP contribution is -2.20. The number of rotatable bonds is 5. The van der Waals surface area contributed by atoms with Gasteiger partial charge in [0.05, 0.1) is 7.11 Å². The predicted molar refractivity (Wildman–Crippen MR) is 64.2 cm³/mol. The minimum atomic E-state index is 0.340. The molecule has 2 heteroatoms. The van der Waals surface area contributed by atoms with Crippen LogP contribution in [0, 0.1) is 0 Å². The van der Waals surface area contributed by atoms with Crippen molar-refractivity contribution in [1.29, 1.82) is 0 Å². The van der Waals surface area contributed by atoms with Gasteiger partial charge in [0.25, 0.3) is 0 Å². The highest BCUT2D eigenvalue weighted by atomic mass is 16.5. The van der Waals surface area contributed by atoms with E-state index in [0.717, 1.165) is 17.9 Å². The summed E-state index contributed by atoms with van der Waals surface area (Å²) in [5.41, 5.74) is 2.41. The fourth-order valence-corrected chi connectivity index (χ4v) is 1.34. The van der Waals surface area contributed by atoms with Crippen molar-refractivity contribution in [2.75, 3.05) is 13.7 Å². The number of hydrogen-bond donors (Lipinski definition) is 1. The molecule has 0 aromatic heterocycles. The Labute approximate surface area is 92.0 Å². The summed E-state index contributed by atoms with van der Waals surface area (Å²) in [5, 5.41) is 3.40. The molecule has 0 radical (unpaired) electrons. The first-order valence-corrected chi connectivity index (χ1v) is 5.15. The van der Waals surface area contributed by atoms with Gasteiger partial charge in [-0.2, -0.15) is 0 Å². The molecule has 0 aliphatic heterocycles. The molecular formula is C13H19NO. The monoisotopic (exact) mass is 205 g/mol. The van der Waals surface area contributed by atoms with Crippen LogP contribution in [0.4, 0.5) is 0 Å². The van der Waals surface area contributed by atoms with Crippen LogP contribution in [0.5, 0.6) is 5.75 Å². The molecule has 0 aliphatic carbocycles. The molecule has 15 heavy (non-hydrogen) atoms. The molecule has 0 saturated carbocycles. The van der Waals surface area contributed by atoms with E-state index in [0.29, 0.717) is 6.04 Å². The van der Waals surface area contributed by atoms with E-state index in [4.69, 9.17) is 4.74 Å². The van der Waals surface area contributed by atoms with E-state index < -0.39 is 0 Å². The van der Waals surface area contributed by atoms with Crippen molar-refractivity contribution < 1.29 is 4.74 Å². The Balaban J connectivity index is 2.57. The van der Waals surface area contributed by atoms with Crippen LogP contribution < -0.4 is 10.1 Å². The lowest BCUT2D eigenvalue weighted by atomic mass is 10.1. The smallest absolute Gasteiger partial charge is 0.118 e. The van der Waals surface area contributed by atoms with Gasteiger partial charge in [-0.15, -0.1) is 0 Å². The van der Waals surface area contributed by atoms with E-state index in [1.165, 1.54) is 5.56 Å². The average Bonchev–Trinajstić information content (AvgIpc) is 2.26. The normalized spacial score (nSPS) is 12.2. The van der Waals surface area contributed by atoms with Gasteiger partial charge in [0, 0.05) is 12.6 Å². The van der Waals surface area contributed by atoms with Crippen molar-refractivity contribution in [3.8, 4) is 5.75 Å². The van der Waals surface area contributed by atoms with Crippen molar-refractivity contribution in [2.24, 2.45) is 0 Å². The number of methoxy groups -OCH3 is 1. The van der Waals surface area contributed by atoms with Crippen LogP contribution in [0.2, 0.25) is 0 Å².